The zero-order valence-corrected chi connectivity index (χ0v) is 16.6. The van der Waals surface area contributed by atoms with Crippen LogP contribution in [0, 0.1) is 5.82 Å². The van der Waals surface area contributed by atoms with E-state index in [0.29, 0.717) is 22.6 Å². The van der Waals surface area contributed by atoms with Gasteiger partial charge in [-0.1, -0.05) is 29.5 Å². The van der Waals surface area contributed by atoms with Crippen LogP contribution in [0.15, 0.2) is 42.5 Å². The number of aromatic nitrogens is 4. The summed E-state index contributed by atoms with van der Waals surface area (Å²) < 4.78 is 20.1. The molecule has 31 heavy (non-hydrogen) atoms. The number of nitrogens with one attached hydrogen (secondary N) is 2. The minimum Gasteiger partial charge on any atom is -0.442 e. The largest absolute Gasteiger partial charge is 0.442 e. The summed E-state index contributed by atoms with van der Waals surface area (Å²) in [6.07, 6.45) is -1.07. The Labute approximate surface area is 176 Å². The topological polar surface area (TPSA) is 139 Å². The van der Waals surface area contributed by atoms with Crippen LogP contribution in [-0.4, -0.2) is 51.8 Å². The van der Waals surface area contributed by atoms with Gasteiger partial charge in [-0.2, -0.15) is 5.21 Å². The predicted octanol–water partition coefficient (Wildman–Crippen LogP) is 1.52. The van der Waals surface area contributed by atoms with Crippen molar-refractivity contribution in [1.82, 2.24) is 25.9 Å². The molecule has 0 saturated carbocycles. The van der Waals surface area contributed by atoms with Crippen LogP contribution >= 0.6 is 0 Å². The SMILES string of the molecule is CC(=O)NC[C@H]1CN(c2ccc(-c3ccc([C@@H](N)c4nn[nH]n4)cc3)c(F)c2)C(=O)O1. The lowest BCUT2D eigenvalue weighted by molar-refractivity contribution is -0.119. The molecule has 2 heterocycles. The molecule has 2 aromatic carbocycles. The van der Waals surface area contributed by atoms with E-state index in [4.69, 9.17) is 10.5 Å². The van der Waals surface area contributed by atoms with Crippen LogP contribution in [0.25, 0.3) is 11.1 Å². The van der Waals surface area contributed by atoms with Gasteiger partial charge >= 0.3 is 6.09 Å². The average Bonchev–Trinajstić information content (AvgIpc) is 3.42. The number of hydrogen-bond donors (Lipinski definition) is 3. The van der Waals surface area contributed by atoms with Crippen molar-refractivity contribution in [1.29, 1.82) is 0 Å². The van der Waals surface area contributed by atoms with Gasteiger partial charge in [0, 0.05) is 12.5 Å². The molecule has 2 amide bonds. The summed E-state index contributed by atoms with van der Waals surface area (Å²) in [5.74, 6) is -0.336. The van der Waals surface area contributed by atoms with E-state index in [1.807, 2.05) is 0 Å². The van der Waals surface area contributed by atoms with E-state index in [9.17, 15) is 14.0 Å². The summed E-state index contributed by atoms with van der Waals surface area (Å²) in [4.78, 5) is 24.5. The number of carbonyl (C=O) groups is 2. The van der Waals surface area contributed by atoms with Gasteiger partial charge in [-0.05, 0) is 29.3 Å². The minimum absolute atomic E-state index is 0.205. The van der Waals surface area contributed by atoms with Crippen LogP contribution in [0.4, 0.5) is 14.9 Å². The molecule has 1 aliphatic rings. The zero-order valence-electron chi connectivity index (χ0n) is 16.6. The second-order valence-electron chi connectivity index (χ2n) is 7.09. The smallest absolute Gasteiger partial charge is 0.414 e. The Balaban J connectivity index is 1.49. The third-order valence-corrected chi connectivity index (χ3v) is 4.94. The van der Waals surface area contributed by atoms with Gasteiger partial charge in [0.1, 0.15) is 11.9 Å². The van der Waals surface area contributed by atoms with Crippen molar-refractivity contribution < 1.29 is 18.7 Å². The van der Waals surface area contributed by atoms with Crippen molar-refractivity contribution in [3.8, 4) is 11.1 Å². The van der Waals surface area contributed by atoms with E-state index < -0.39 is 24.1 Å². The van der Waals surface area contributed by atoms with E-state index in [1.54, 1.807) is 36.4 Å². The van der Waals surface area contributed by atoms with Gasteiger partial charge in [0.25, 0.3) is 0 Å². The second kappa shape index (κ2) is 8.48. The molecule has 0 bridgehead atoms. The van der Waals surface area contributed by atoms with Crippen molar-refractivity contribution >= 4 is 17.7 Å². The van der Waals surface area contributed by atoms with E-state index >= 15 is 0 Å². The third kappa shape index (κ3) is 4.36. The molecule has 11 heteroatoms. The summed E-state index contributed by atoms with van der Waals surface area (Å²) in [5, 5.41) is 16.2. The number of nitrogens with two attached hydrogens (primary N) is 1. The van der Waals surface area contributed by atoms with Gasteiger partial charge in [-0.15, -0.1) is 10.2 Å². The number of anilines is 1. The lowest BCUT2D eigenvalue weighted by Gasteiger charge is -2.15. The molecule has 1 aliphatic heterocycles. The number of rotatable bonds is 6. The Bertz CT molecular complexity index is 1090. The Morgan fingerprint density at radius 1 is 1.35 bits per heavy atom. The summed E-state index contributed by atoms with van der Waals surface area (Å²) in [7, 11) is 0. The summed E-state index contributed by atoms with van der Waals surface area (Å²) in [6, 6.07) is 11.0. The lowest BCUT2D eigenvalue weighted by Crippen LogP contribution is -2.33. The van der Waals surface area contributed by atoms with Gasteiger partial charge in [0.15, 0.2) is 5.82 Å². The highest BCUT2D eigenvalue weighted by molar-refractivity contribution is 5.90. The maximum atomic E-state index is 14.9. The number of halogens is 1. The van der Waals surface area contributed by atoms with Gasteiger partial charge < -0.3 is 15.8 Å². The fourth-order valence-corrected chi connectivity index (χ4v) is 3.32. The number of amides is 2. The van der Waals surface area contributed by atoms with E-state index in [2.05, 4.69) is 25.9 Å². The first-order valence-electron chi connectivity index (χ1n) is 9.54. The molecule has 0 unspecified atom stereocenters. The first-order valence-corrected chi connectivity index (χ1v) is 9.54. The Kier molecular flexibility index (Phi) is 5.58. The van der Waals surface area contributed by atoms with E-state index in [0.717, 1.165) is 5.56 Å². The van der Waals surface area contributed by atoms with Crippen LogP contribution in [0.2, 0.25) is 0 Å². The first kappa shape index (κ1) is 20.4. The molecule has 1 saturated heterocycles. The quantitative estimate of drug-likeness (QED) is 0.544. The van der Waals surface area contributed by atoms with Gasteiger partial charge in [0.05, 0.1) is 24.8 Å². The van der Waals surface area contributed by atoms with E-state index in [-0.39, 0.29) is 19.0 Å². The number of H-pyrrole nitrogens is 1. The summed E-state index contributed by atoms with van der Waals surface area (Å²) in [5.41, 5.74) is 8.27. The van der Waals surface area contributed by atoms with Crippen LogP contribution in [0.1, 0.15) is 24.4 Å². The normalized spacial score (nSPS) is 16.8. The zero-order chi connectivity index (χ0) is 22.0. The van der Waals surface area contributed by atoms with Crippen LogP contribution in [0.3, 0.4) is 0 Å². The highest BCUT2D eigenvalue weighted by Crippen LogP contribution is 2.30. The Hall–Kier alpha value is -3.86. The van der Waals surface area contributed by atoms with Crippen molar-refractivity contribution in [2.75, 3.05) is 18.0 Å². The minimum atomic E-state index is -0.581. The highest BCUT2D eigenvalue weighted by Gasteiger charge is 2.32. The molecule has 1 aromatic heterocycles. The van der Waals surface area contributed by atoms with Gasteiger partial charge in [-0.25, -0.2) is 9.18 Å². The number of tetrazole rings is 1. The maximum Gasteiger partial charge on any atom is 0.414 e. The molecule has 4 N–H and O–H groups in total. The van der Waals surface area contributed by atoms with Crippen molar-refractivity contribution in [2.45, 2.75) is 19.1 Å². The van der Waals surface area contributed by atoms with E-state index in [1.165, 1.54) is 17.9 Å². The monoisotopic (exact) mass is 425 g/mol. The fraction of sp³-hybridized carbons (Fsp3) is 0.250. The van der Waals surface area contributed by atoms with Gasteiger partial charge in [0.2, 0.25) is 5.91 Å². The molecule has 2 atom stereocenters. The molecule has 0 aliphatic carbocycles. The molecule has 10 nitrogen and oxygen atoms in total. The van der Waals surface area contributed by atoms with Crippen molar-refractivity contribution in [2.24, 2.45) is 5.73 Å². The number of nitrogens with zero attached hydrogens (tertiary/aromatic N) is 4. The van der Waals surface area contributed by atoms with Gasteiger partial charge in [-0.3, -0.25) is 9.69 Å². The van der Waals surface area contributed by atoms with Crippen molar-refractivity contribution in [3.05, 3.63) is 59.7 Å². The average molecular weight is 425 g/mol. The standard InChI is InChI=1S/C20H20FN7O3/c1-11(29)23-9-15-10-28(20(30)31-15)14-6-7-16(17(21)8-14)12-2-4-13(5-3-12)18(22)19-24-26-27-25-19/h2-8,15,18H,9-10,22H2,1H3,(H,23,29)(H,24,25,26,27)/t15-,18+/m0/s1. The number of carbonyl (C=O) groups excluding carboxylic acids is 2. The third-order valence-electron chi connectivity index (χ3n) is 4.94. The molecule has 1 fully saturated rings. The molecular formula is C20H20FN7O3. The number of benzene rings is 2. The molecule has 0 spiro atoms. The summed E-state index contributed by atoms with van der Waals surface area (Å²) in [6.45, 7) is 1.81. The van der Waals surface area contributed by atoms with Crippen molar-refractivity contribution in [3.63, 3.8) is 0 Å². The fourth-order valence-electron chi connectivity index (χ4n) is 3.32. The number of aromatic amines is 1. The van der Waals surface area contributed by atoms with Crippen LogP contribution in [-0.2, 0) is 9.53 Å². The Morgan fingerprint density at radius 2 is 2.13 bits per heavy atom. The number of cyclic esters (lactones) is 1. The van der Waals surface area contributed by atoms with Crippen LogP contribution < -0.4 is 16.0 Å². The Morgan fingerprint density at radius 3 is 2.77 bits per heavy atom. The first-order chi connectivity index (χ1) is 14.9. The highest BCUT2D eigenvalue weighted by atomic mass is 19.1. The molecular weight excluding hydrogens is 405 g/mol. The summed E-state index contributed by atoms with van der Waals surface area (Å²) >= 11 is 0. The second-order valence-corrected chi connectivity index (χ2v) is 7.09. The molecule has 0 radical (unpaired) electrons. The lowest BCUT2D eigenvalue weighted by atomic mass is 10.00. The molecule has 4 rings (SSSR count). The number of ether oxygens (including phenoxy) is 1. The molecule has 160 valence electrons. The van der Waals surface area contributed by atoms with Crippen LogP contribution in [0.5, 0.6) is 0 Å². The molecule has 3 aromatic rings. The number of hydrogen-bond acceptors (Lipinski definition) is 7. The maximum absolute atomic E-state index is 14.9. The predicted molar refractivity (Wildman–Crippen MR) is 108 cm³/mol.